The Labute approximate surface area is 91.9 Å². The van der Waals surface area contributed by atoms with Gasteiger partial charge < -0.3 is 5.11 Å². The maximum Gasteiger partial charge on any atom is 0.344 e. The van der Waals surface area contributed by atoms with Gasteiger partial charge in [-0.05, 0) is 25.7 Å². The lowest BCUT2D eigenvalue weighted by molar-refractivity contribution is 0.287. The number of nitrogens with zero attached hydrogens (tertiary/aromatic N) is 2. The van der Waals surface area contributed by atoms with E-state index in [-0.39, 0.29) is 12.3 Å². The summed E-state index contributed by atoms with van der Waals surface area (Å²) in [6.07, 6.45) is 3.94. The van der Waals surface area contributed by atoms with Gasteiger partial charge in [-0.25, -0.2) is 9.89 Å². The van der Waals surface area contributed by atoms with Crippen LogP contribution in [0.5, 0.6) is 0 Å². The first-order valence-corrected chi connectivity index (χ1v) is 6.22. The van der Waals surface area contributed by atoms with Crippen LogP contribution in [0.2, 0.25) is 0 Å². The Morgan fingerprint density at radius 3 is 3.00 bits per heavy atom. The molecule has 1 aromatic rings. The second-order valence-electron chi connectivity index (χ2n) is 3.69. The summed E-state index contributed by atoms with van der Waals surface area (Å²) in [4.78, 5) is 11.4. The maximum absolute atomic E-state index is 11.4. The summed E-state index contributed by atoms with van der Waals surface area (Å²) < 4.78 is 1.75. The minimum Gasteiger partial charge on any atom is -0.396 e. The summed E-state index contributed by atoms with van der Waals surface area (Å²) in [6.45, 7) is 0.233. The van der Waals surface area contributed by atoms with Gasteiger partial charge in [0.2, 0.25) is 0 Å². The predicted molar refractivity (Wildman–Crippen MR) is 58.2 cm³/mol. The fourth-order valence-corrected chi connectivity index (χ4v) is 2.44. The topological polar surface area (TPSA) is 70.9 Å². The average Bonchev–Trinajstić information content (AvgIpc) is 2.99. The van der Waals surface area contributed by atoms with Crippen LogP contribution in [0, 0.1) is 0 Å². The zero-order chi connectivity index (χ0) is 10.7. The van der Waals surface area contributed by atoms with Gasteiger partial charge in [0, 0.05) is 18.4 Å². The Morgan fingerprint density at radius 2 is 2.33 bits per heavy atom. The molecule has 2 N–H and O–H groups in total. The molecule has 5 nitrogen and oxygen atoms in total. The van der Waals surface area contributed by atoms with Crippen LogP contribution in [-0.4, -0.2) is 32.2 Å². The second kappa shape index (κ2) is 4.85. The number of unbranched alkanes of at least 4 members (excludes halogenated alkanes) is 1. The molecular formula is C9H15N3O2S. The van der Waals surface area contributed by atoms with E-state index in [2.05, 4.69) is 10.2 Å². The van der Waals surface area contributed by atoms with E-state index in [4.69, 9.17) is 5.11 Å². The molecule has 0 aromatic carbocycles. The molecule has 0 radical (unpaired) electrons. The summed E-state index contributed by atoms with van der Waals surface area (Å²) in [7, 11) is 0. The first kappa shape index (κ1) is 10.8. The molecule has 0 spiro atoms. The highest BCUT2D eigenvalue weighted by molar-refractivity contribution is 7.99. The van der Waals surface area contributed by atoms with Crippen LogP contribution in [0.1, 0.15) is 31.7 Å². The number of aliphatic hydroxyl groups excluding tert-OH is 1. The molecule has 6 heteroatoms. The third kappa shape index (κ3) is 2.63. The molecule has 1 aromatic heterocycles. The lowest BCUT2D eigenvalue weighted by atomic mass is 10.4. The van der Waals surface area contributed by atoms with E-state index in [1.807, 2.05) is 0 Å². The first-order chi connectivity index (χ1) is 7.33. The van der Waals surface area contributed by atoms with Crippen molar-refractivity contribution in [3.05, 3.63) is 10.5 Å². The highest BCUT2D eigenvalue weighted by Gasteiger charge is 2.28. The summed E-state index contributed by atoms with van der Waals surface area (Å²) >= 11 is 1.59. The molecule has 1 heterocycles. The maximum atomic E-state index is 11.4. The number of aromatic nitrogens is 3. The van der Waals surface area contributed by atoms with Crippen molar-refractivity contribution in [2.24, 2.45) is 0 Å². The van der Waals surface area contributed by atoms with E-state index in [0.717, 1.165) is 36.6 Å². The van der Waals surface area contributed by atoms with E-state index >= 15 is 0 Å². The monoisotopic (exact) mass is 229 g/mol. The van der Waals surface area contributed by atoms with Crippen molar-refractivity contribution >= 4 is 11.8 Å². The Kier molecular flexibility index (Phi) is 3.48. The third-order valence-electron chi connectivity index (χ3n) is 2.37. The van der Waals surface area contributed by atoms with Gasteiger partial charge in [0.25, 0.3) is 0 Å². The molecule has 0 bridgehead atoms. The second-order valence-corrected chi connectivity index (χ2v) is 4.75. The smallest absolute Gasteiger partial charge is 0.344 e. The summed E-state index contributed by atoms with van der Waals surface area (Å²) in [5.41, 5.74) is -0.0952. The van der Waals surface area contributed by atoms with Crippen LogP contribution in [0.25, 0.3) is 0 Å². The number of rotatable bonds is 6. The number of hydrogen-bond acceptors (Lipinski definition) is 4. The molecular weight excluding hydrogens is 214 g/mol. The van der Waals surface area contributed by atoms with Crippen LogP contribution in [-0.2, 0) is 0 Å². The normalized spacial score (nSPS) is 15.8. The van der Waals surface area contributed by atoms with Crippen molar-refractivity contribution in [2.45, 2.75) is 36.9 Å². The first-order valence-electron chi connectivity index (χ1n) is 5.23. The van der Waals surface area contributed by atoms with Crippen molar-refractivity contribution in [1.82, 2.24) is 14.8 Å². The minimum absolute atomic E-state index is 0.0952. The van der Waals surface area contributed by atoms with Crippen molar-refractivity contribution in [3.8, 4) is 0 Å². The molecule has 1 fully saturated rings. The predicted octanol–water partition coefficient (Wildman–Crippen LogP) is 0.771. The van der Waals surface area contributed by atoms with Crippen molar-refractivity contribution < 1.29 is 5.11 Å². The third-order valence-corrected chi connectivity index (χ3v) is 3.41. The lowest BCUT2D eigenvalue weighted by Gasteiger charge is -2.02. The van der Waals surface area contributed by atoms with Crippen LogP contribution < -0.4 is 5.69 Å². The van der Waals surface area contributed by atoms with Gasteiger partial charge in [-0.2, -0.15) is 0 Å². The Bertz CT molecular complexity index is 370. The number of thioether (sulfide) groups is 1. The lowest BCUT2D eigenvalue weighted by Crippen LogP contribution is -2.16. The molecule has 1 aliphatic carbocycles. The number of aliphatic hydroxyl groups is 1. The molecule has 0 unspecified atom stereocenters. The molecule has 0 aliphatic heterocycles. The van der Waals surface area contributed by atoms with E-state index in [1.165, 1.54) is 0 Å². The van der Waals surface area contributed by atoms with Gasteiger partial charge in [-0.1, -0.05) is 11.8 Å². The molecule has 1 aliphatic rings. The fraction of sp³-hybridized carbons (Fsp3) is 0.778. The molecule has 2 rings (SSSR count). The van der Waals surface area contributed by atoms with Crippen LogP contribution in [0.4, 0.5) is 0 Å². The number of H-pyrrole nitrogens is 1. The van der Waals surface area contributed by atoms with Gasteiger partial charge in [0.15, 0.2) is 5.16 Å². The van der Waals surface area contributed by atoms with Crippen LogP contribution >= 0.6 is 11.8 Å². The van der Waals surface area contributed by atoms with E-state index < -0.39 is 0 Å². The number of aromatic amines is 1. The molecule has 0 saturated heterocycles. The van der Waals surface area contributed by atoms with Gasteiger partial charge >= 0.3 is 5.69 Å². The molecule has 0 amide bonds. The molecule has 0 atom stereocenters. The Balaban J connectivity index is 1.92. The van der Waals surface area contributed by atoms with E-state index in [1.54, 1.807) is 16.3 Å². The van der Waals surface area contributed by atoms with Gasteiger partial charge in [-0.15, -0.1) is 5.10 Å². The largest absolute Gasteiger partial charge is 0.396 e. The van der Waals surface area contributed by atoms with Gasteiger partial charge in [0.1, 0.15) is 0 Å². The fourth-order valence-electron chi connectivity index (χ4n) is 1.42. The highest BCUT2D eigenvalue weighted by Crippen LogP contribution is 2.36. The number of hydrogen-bond donors (Lipinski definition) is 2. The Hall–Kier alpha value is -0.750. The summed E-state index contributed by atoms with van der Waals surface area (Å²) in [6, 6.07) is 0.372. The molecule has 1 saturated carbocycles. The molecule has 84 valence electrons. The van der Waals surface area contributed by atoms with Crippen molar-refractivity contribution in [3.63, 3.8) is 0 Å². The zero-order valence-electron chi connectivity index (χ0n) is 8.48. The quantitative estimate of drug-likeness (QED) is 0.558. The zero-order valence-corrected chi connectivity index (χ0v) is 9.29. The number of nitrogens with one attached hydrogen (secondary N) is 1. The highest BCUT2D eigenvalue weighted by atomic mass is 32.2. The molecule has 15 heavy (non-hydrogen) atoms. The Morgan fingerprint density at radius 1 is 1.53 bits per heavy atom. The summed E-state index contributed by atoms with van der Waals surface area (Å²) in [5, 5.41) is 15.9. The minimum atomic E-state index is -0.0952. The van der Waals surface area contributed by atoms with E-state index in [0.29, 0.717) is 6.04 Å². The standard InChI is InChI=1S/C9H15N3O2S/c13-5-1-2-6-15-9-11-10-8(14)12(9)7-3-4-7/h7,13H,1-6H2,(H,10,14). The van der Waals surface area contributed by atoms with E-state index in [9.17, 15) is 4.79 Å². The van der Waals surface area contributed by atoms with Gasteiger partial charge in [-0.3, -0.25) is 4.57 Å². The average molecular weight is 229 g/mol. The van der Waals surface area contributed by atoms with Gasteiger partial charge in [0.05, 0.1) is 0 Å². The van der Waals surface area contributed by atoms with Crippen molar-refractivity contribution in [1.29, 1.82) is 0 Å². The van der Waals surface area contributed by atoms with Crippen LogP contribution in [0.3, 0.4) is 0 Å². The SMILES string of the molecule is O=c1[nH]nc(SCCCCO)n1C1CC1. The summed E-state index contributed by atoms with van der Waals surface area (Å²) in [5.74, 6) is 0.900. The van der Waals surface area contributed by atoms with Crippen molar-refractivity contribution in [2.75, 3.05) is 12.4 Å². The van der Waals surface area contributed by atoms with Crippen LogP contribution in [0.15, 0.2) is 9.95 Å².